The SMILES string of the molecule is C[C@H](CCC(O)C(C)(C)O)[C@H]1CC[C@@]2(C)C3=C(CC[C@]12C)[C@@]1(C)CC[C@H](O[Si](C)(C)C(C)(C)C)C(C)(C)[C@@H]1CC3. The summed E-state index contributed by atoms with van der Waals surface area (Å²) in [5.41, 5.74) is 3.80. The Balaban J connectivity index is 1.58. The molecule has 0 amide bonds. The number of hydrogen-bond donors (Lipinski definition) is 2. The van der Waals surface area contributed by atoms with Crippen LogP contribution in [0.4, 0.5) is 0 Å². The molecule has 0 bridgehead atoms. The largest absolute Gasteiger partial charge is 0.413 e. The van der Waals surface area contributed by atoms with Gasteiger partial charge in [-0.2, -0.15) is 0 Å². The van der Waals surface area contributed by atoms with Crippen LogP contribution in [0.15, 0.2) is 11.1 Å². The predicted octanol–water partition coefficient (Wildman–Crippen LogP) is 9.67. The number of rotatable bonds is 7. The van der Waals surface area contributed by atoms with Crippen molar-refractivity contribution in [3.05, 3.63) is 11.1 Å². The molecule has 0 aromatic rings. The third kappa shape index (κ3) is 5.05. The van der Waals surface area contributed by atoms with Gasteiger partial charge in [0.1, 0.15) is 0 Å². The van der Waals surface area contributed by atoms with E-state index in [1.807, 2.05) is 11.1 Å². The fourth-order valence-electron chi connectivity index (χ4n) is 10.3. The van der Waals surface area contributed by atoms with E-state index in [-0.39, 0.29) is 10.5 Å². The maximum Gasteiger partial charge on any atom is 0.192 e. The molecule has 0 radical (unpaired) electrons. The quantitative estimate of drug-likeness (QED) is 0.235. The average Bonchev–Trinajstić information content (AvgIpc) is 3.09. The van der Waals surface area contributed by atoms with Crippen LogP contribution in [0.3, 0.4) is 0 Å². The summed E-state index contributed by atoms with van der Waals surface area (Å²) in [6.07, 6.45) is 11.7. The lowest BCUT2D eigenvalue weighted by molar-refractivity contribution is -0.0904. The van der Waals surface area contributed by atoms with Crippen LogP contribution in [-0.4, -0.2) is 36.3 Å². The number of aliphatic hydroxyl groups is 2. The topological polar surface area (TPSA) is 49.7 Å². The molecule has 0 aromatic carbocycles. The molecule has 4 rings (SSSR count). The van der Waals surface area contributed by atoms with Gasteiger partial charge in [-0.05, 0) is 136 Å². The number of hydrogen-bond acceptors (Lipinski definition) is 3. The fourth-order valence-corrected chi connectivity index (χ4v) is 11.8. The third-order valence-corrected chi connectivity index (χ3v) is 18.9. The van der Waals surface area contributed by atoms with Crippen molar-refractivity contribution in [3.63, 3.8) is 0 Å². The van der Waals surface area contributed by atoms with Crippen molar-refractivity contribution in [2.24, 2.45) is 39.4 Å². The molecular formula is C36H66O3Si. The van der Waals surface area contributed by atoms with Crippen LogP contribution in [0, 0.1) is 39.4 Å². The van der Waals surface area contributed by atoms with Crippen molar-refractivity contribution in [2.45, 2.75) is 176 Å². The highest BCUT2D eigenvalue weighted by Gasteiger charge is 2.63. The molecule has 2 fully saturated rings. The molecule has 0 spiro atoms. The van der Waals surface area contributed by atoms with Crippen molar-refractivity contribution in [1.82, 2.24) is 0 Å². The summed E-state index contributed by atoms with van der Waals surface area (Å²) < 4.78 is 7.18. The maximum atomic E-state index is 10.5. The van der Waals surface area contributed by atoms with Crippen molar-refractivity contribution < 1.29 is 14.6 Å². The highest BCUT2D eigenvalue weighted by molar-refractivity contribution is 6.74. The monoisotopic (exact) mass is 574 g/mol. The van der Waals surface area contributed by atoms with Gasteiger partial charge in [-0.3, -0.25) is 0 Å². The molecule has 4 heteroatoms. The van der Waals surface area contributed by atoms with Gasteiger partial charge >= 0.3 is 0 Å². The molecule has 2 N–H and O–H groups in total. The number of fused-ring (bicyclic) bond motifs is 4. The maximum absolute atomic E-state index is 10.5. The van der Waals surface area contributed by atoms with E-state index in [1.54, 1.807) is 13.8 Å². The van der Waals surface area contributed by atoms with E-state index in [9.17, 15) is 10.2 Å². The smallest absolute Gasteiger partial charge is 0.192 e. The van der Waals surface area contributed by atoms with E-state index in [0.717, 1.165) is 6.42 Å². The van der Waals surface area contributed by atoms with Crippen LogP contribution in [-0.2, 0) is 4.43 Å². The Morgan fingerprint density at radius 1 is 0.875 bits per heavy atom. The van der Waals surface area contributed by atoms with Crippen molar-refractivity contribution >= 4 is 8.32 Å². The summed E-state index contributed by atoms with van der Waals surface area (Å²) in [4.78, 5) is 0. The Kier molecular flexibility index (Phi) is 8.35. The molecule has 3 nitrogen and oxygen atoms in total. The number of aliphatic hydroxyl groups excluding tert-OH is 1. The first-order valence-electron chi connectivity index (χ1n) is 16.8. The van der Waals surface area contributed by atoms with E-state index in [2.05, 4.69) is 75.4 Å². The Bertz CT molecular complexity index is 983. The molecule has 0 aliphatic heterocycles. The molecule has 8 atom stereocenters. The summed E-state index contributed by atoms with van der Waals surface area (Å²) >= 11 is 0. The molecular weight excluding hydrogens is 508 g/mol. The lowest BCUT2D eigenvalue weighted by atomic mass is 9.43. The summed E-state index contributed by atoms with van der Waals surface area (Å²) in [6.45, 7) is 30.9. The summed E-state index contributed by atoms with van der Waals surface area (Å²) in [6, 6.07) is 0. The second kappa shape index (κ2) is 10.2. The van der Waals surface area contributed by atoms with Gasteiger partial charge in [-0.15, -0.1) is 0 Å². The highest BCUT2D eigenvalue weighted by atomic mass is 28.4. The van der Waals surface area contributed by atoms with Gasteiger partial charge in [0.05, 0.1) is 17.8 Å². The summed E-state index contributed by atoms with van der Waals surface area (Å²) in [5, 5.41) is 21.0. The van der Waals surface area contributed by atoms with Gasteiger partial charge in [0, 0.05) is 0 Å². The van der Waals surface area contributed by atoms with Crippen LogP contribution >= 0.6 is 0 Å². The van der Waals surface area contributed by atoms with E-state index in [0.29, 0.717) is 46.5 Å². The zero-order chi connectivity index (χ0) is 30.3. The zero-order valence-corrected chi connectivity index (χ0v) is 29.8. The molecule has 1 unspecified atom stereocenters. The second-order valence-electron chi connectivity index (χ2n) is 18.3. The summed E-state index contributed by atoms with van der Waals surface area (Å²) in [7, 11) is -1.82. The van der Waals surface area contributed by atoms with Gasteiger partial charge in [-0.25, -0.2) is 0 Å². The van der Waals surface area contributed by atoms with Crippen molar-refractivity contribution in [3.8, 4) is 0 Å². The van der Waals surface area contributed by atoms with Crippen LogP contribution in [0.1, 0.15) is 140 Å². The van der Waals surface area contributed by atoms with Crippen molar-refractivity contribution in [2.75, 3.05) is 0 Å². The van der Waals surface area contributed by atoms with Crippen LogP contribution < -0.4 is 0 Å². The molecule has 232 valence electrons. The molecule has 0 heterocycles. The van der Waals surface area contributed by atoms with E-state index >= 15 is 0 Å². The van der Waals surface area contributed by atoms with Gasteiger partial charge in [0.15, 0.2) is 8.32 Å². The Morgan fingerprint density at radius 2 is 1.50 bits per heavy atom. The lowest BCUT2D eigenvalue weighted by Crippen LogP contribution is -2.58. The van der Waals surface area contributed by atoms with Gasteiger partial charge in [0.25, 0.3) is 0 Å². The average molecular weight is 575 g/mol. The normalized spacial score (nSPS) is 39.8. The molecule has 0 saturated heterocycles. The van der Waals surface area contributed by atoms with Crippen LogP contribution in [0.25, 0.3) is 0 Å². The third-order valence-electron chi connectivity index (χ3n) is 14.4. The minimum Gasteiger partial charge on any atom is -0.413 e. The predicted molar refractivity (Wildman–Crippen MR) is 172 cm³/mol. The second-order valence-corrected chi connectivity index (χ2v) is 23.1. The molecule has 4 aliphatic carbocycles. The minimum absolute atomic E-state index is 0.191. The lowest BCUT2D eigenvalue weighted by Gasteiger charge is -2.63. The zero-order valence-electron chi connectivity index (χ0n) is 28.8. The Labute approximate surface area is 249 Å². The van der Waals surface area contributed by atoms with Crippen LogP contribution in [0.5, 0.6) is 0 Å². The van der Waals surface area contributed by atoms with Crippen molar-refractivity contribution in [1.29, 1.82) is 0 Å². The molecule has 2 saturated carbocycles. The van der Waals surface area contributed by atoms with Crippen LogP contribution in [0.2, 0.25) is 18.1 Å². The van der Waals surface area contributed by atoms with E-state index in [4.69, 9.17) is 4.43 Å². The van der Waals surface area contributed by atoms with E-state index in [1.165, 1.54) is 51.4 Å². The summed E-state index contributed by atoms with van der Waals surface area (Å²) in [5.74, 6) is 1.95. The Morgan fingerprint density at radius 3 is 2.08 bits per heavy atom. The molecule has 4 aliphatic rings. The minimum atomic E-state index is -1.82. The first-order valence-corrected chi connectivity index (χ1v) is 19.7. The first-order chi connectivity index (χ1) is 18.0. The molecule has 40 heavy (non-hydrogen) atoms. The van der Waals surface area contributed by atoms with E-state index < -0.39 is 20.0 Å². The van der Waals surface area contributed by atoms with Gasteiger partial charge in [0.2, 0.25) is 0 Å². The number of allylic oxidation sites excluding steroid dienone is 2. The highest BCUT2D eigenvalue weighted by Crippen LogP contribution is 2.72. The Hall–Kier alpha value is -0.163. The van der Waals surface area contributed by atoms with Gasteiger partial charge < -0.3 is 14.6 Å². The standard InChI is InChI=1S/C36H66O3Si/c1-24(14-17-29(37)33(7,8)38)25-18-22-36(11)27-15-16-28-32(5,6)30(39-40(12,13)31(2,3)4)20-21-34(28,9)26(27)19-23-35(25,36)10/h24-25,28-30,37-38H,14-23H2,1-13H3/t24-,25-,28+,29?,30+,34-,35-,36+/m1/s1. The van der Waals surface area contributed by atoms with Gasteiger partial charge in [-0.1, -0.05) is 73.5 Å². The first kappa shape index (κ1) is 32.7. The fraction of sp³-hybridized carbons (Fsp3) is 0.944. The molecule has 0 aromatic heterocycles.